The lowest BCUT2D eigenvalue weighted by Gasteiger charge is -2.09. The number of nitrogen functional groups attached to an aromatic ring is 2. The summed E-state index contributed by atoms with van der Waals surface area (Å²) in [6.07, 6.45) is -2.27. The van der Waals surface area contributed by atoms with Gasteiger partial charge in [-0.3, -0.25) is 4.98 Å². The molecule has 94 valence electrons. The molecule has 0 aliphatic carbocycles. The molecule has 0 saturated heterocycles. The fourth-order valence-electron chi connectivity index (χ4n) is 1.48. The average molecular weight is 254 g/mol. The summed E-state index contributed by atoms with van der Waals surface area (Å²) >= 11 is 0. The molecule has 0 spiro atoms. The molecular weight excluding hydrogens is 245 g/mol. The van der Waals surface area contributed by atoms with Gasteiger partial charge >= 0.3 is 6.18 Å². The molecule has 2 heterocycles. The van der Waals surface area contributed by atoms with Crippen LogP contribution in [0.5, 0.6) is 0 Å². The molecule has 2 rings (SSSR count). The summed E-state index contributed by atoms with van der Waals surface area (Å²) in [6.45, 7) is 0. The molecule has 4 N–H and O–H groups in total. The van der Waals surface area contributed by atoms with Gasteiger partial charge in [-0.2, -0.15) is 13.2 Å². The van der Waals surface area contributed by atoms with E-state index in [1.54, 1.807) is 0 Å². The number of nitrogens with zero attached hydrogens (tertiary/aromatic N) is 2. The lowest BCUT2D eigenvalue weighted by molar-refractivity contribution is -0.137. The predicted molar refractivity (Wildman–Crippen MR) is 61.3 cm³/mol. The Kier molecular flexibility index (Phi) is 2.82. The van der Waals surface area contributed by atoms with Crippen LogP contribution in [0.2, 0.25) is 0 Å². The van der Waals surface area contributed by atoms with Crippen LogP contribution in [0.1, 0.15) is 5.56 Å². The quantitative estimate of drug-likeness (QED) is 0.818. The number of rotatable bonds is 1. The molecule has 0 atom stereocenters. The SMILES string of the molecule is Nc1ccnc(N)c1-c1ccc(C(F)(F)F)cn1. The van der Waals surface area contributed by atoms with Crippen molar-refractivity contribution in [1.82, 2.24) is 9.97 Å². The van der Waals surface area contributed by atoms with Crippen molar-refractivity contribution in [2.24, 2.45) is 0 Å². The molecule has 0 aromatic carbocycles. The molecular formula is C11H9F3N4. The van der Waals surface area contributed by atoms with E-state index in [9.17, 15) is 13.2 Å². The molecule has 7 heteroatoms. The summed E-state index contributed by atoms with van der Waals surface area (Å²) in [4.78, 5) is 7.54. The van der Waals surface area contributed by atoms with Crippen molar-refractivity contribution >= 4 is 11.5 Å². The van der Waals surface area contributed by atoms with Gasteiger partial charge < -0.3 is 11.5 Å². The zero-order chi connectivity index (χ0) is 13.3. The van der Waals surface area contributed by atoms with E-state index in [1.807, 2.05) is 0 Å². The van der Waals surface area contributed by atoms with Crippen LogP contribution in [0.4, 0.5) is 24.7 Å². The van der Waals surface area contributed by atoms with Crippen molar-refractivity contribution in [3.05, 3.63) is 36.2 Å². The van der Waals surface area contributed by atoms with Crippen LogP contribution < -0.4 is 11.5 Å². The Bertz CT molecular complexity index is 543. The van der Waals surface area contributed by atoms with E-state index in [1.165, 1.54) is 18.3 Å². The van der Waals surface area contributed by atoms with Crippen molar-refractivity contribution in [2.45, 2.75) is 6.18 Å². The molecule has 18 heavy (non-hydrogen) atoms. The lowest BCUT2D eigenvalue weighted by atomic mass is 10.1. The van der Waals surface area contributed by atoms with Crippen LogP contribution >= 0.6 is 0 Å². The van der Waals surface area contributed by atoms with Crippen molar-refractivity contribution in [2.75, 3.05) is 11.5 Å². The van der Waals surface area contributed by atoms with Crippen molar-refractivity contribution in [3.8, 4) is 11.3 Å². The summed E-state index contributed by atoms with van der Waals surface area (Å²) in [5.74, 6) is 0.127. The van der Waals surface area contributed by atoms with Gasteiger partial charge in [-0.25, -0.2) is 4.98 Å². The number of halogens is 3. The highest BCUT2D eigenvalue weighted by Gasteiger charge is 2.30. The fraction of sp³-hybridized carbons (Fsp3) is 0.0909. The van der Waals surface area contributed by atoms with Crippen molar-refractivity contribution in [1.29, 1.82) is 0 Å². The Morgan fingerprint density at radius 1 is 1.00 bits per heavy atom. The van der Waals surface area contributed by atoms with E-state index >= 15 is 0 Å². The van der Waals surface area contributed by atoms with E-state index in [2.05, 4.69) is 9.97 Å². The molecule has 0 unspecified atom stereocenters. The monoisotopic (exact) mass is 254 g/mol. The molecule has 0 saturated carbocycles. The number of nitrogens with two attached hydrogens (primary N) is 2. The third kappa shape index (κ3) is 2.20. The van der Waals surface area contributed by atoms with Crippen LogP contribution in [-0.4, -0.2) is 9.97 Å². The molecule has 0 radical (unpaired) electrons. The molecule has 0 fully saturated rings. The van der Waals surface area contributed by atoms with Gasteiger partial charge in [0.05, 0.1) is 16.8 Å². The summed E-state index contributed by atoms with van der Waals surface area (Å²) in [7, 11) is 0. The Balaban J connectivity index is 2.47. The molecule has 0 bridgehead atoms. The lowest BCUT2D eigenvalue weighted by Crippen LogP contribution is -2.06. The Hall–Kier alpha value is -2.31. The second-order valence-electron chi connectivity index (χ2n) is 3.59. The van der Waals surface area contributed by atoms with Gasteiger partial charge in [0.1, 0.15) is 5.82 Å². The van der Waals surface area contributed by atoms with Gasteiger partial charge in [0.25, 0.3) is 0 Å². The highest BCUT2D eigenvalue weighted by atomic mass is 19.4. The highest BCUT2D eigenvalue weighted by Crippen LogP contribution is 2.32. The van der Waals surface area contributed by atoms with E-state index in [-0.39, 0.29) is 11.5 Å². The summed E-state index contributed by atoms with van der Waals surface area (Å²) in [6, 6.07) is 3.64. The zero-order valence-electron chi connectivity index (χ0n) is 9.07. The van der Waals surface area contributed by atoms with E-state index in [0.29, 0.717) is 11.3 Å². The average Bonchev–Trinajstić information content (AvgIpc) is 2.28. The zero-order valence-corrected chi connectivity index (χ0v) is 9.07. The van der Waals surface area contributed by atoms with E-state index < -0.39 is 11.7 Å². The molecule has 0 amide bonds. The highest BCUT2D eigenvalue weighted by molar-refractivity contribution is 5.82. The number of hydrogen-bond donors (Lipinski definition) is 2. The van der Waals surface area contributed by atoms with Gasteiger partial charge in [0, 0.05) is 18.1 Å². The van der Waals surface area contributed by atoms with E-state index in [0.717, 1.165) is 12.3 Å². The third-order valence-corrected chi connectivity index (χ3v) is 2.36. The maximum Gasteiger partial charge on any atom is 0.417 e. The maximum absolute atomic E-state index is 12.4. The molecule has 0 aliphatic heterocycles. The molecule has 2 aromatic rings. The minimum Gasteiger partial charge on any atom is -0.398 e. The first-order valence-electron chi connectivity index (χ1n) is 4.93. The number of alkyl halides is 3. The Labute approximate surface area is 100 Å². The van der Waals surface area contributed by atoms with Crippen LogP contribution in [0.15, 0.2) is 30.6 Å². The minimum absolute atomic E-state index is 0.127. The van der Waals surface area contributed by atoms with Crippen molar-refractivity contribution in [3.63, 3.8) is 0 Å². The molecule has 4 nitrogen and oxygen atoms in total. The van der Waals surface area contributed by atoms with Gasteiger partial charge in [0.15, 0.2) is 0 Å². The molecule has 0 aliphatic rings. The van der Waals surface area contributed by atoms with Gasteiger partial charge in [-0.1, -0.05) is 0 Å². The smallest absolute Gasteiger partial charge is 0.398 e. The Morgan fingerprint density at radius 3 is 2.22 bits per heavy atom. The predicted octanol–water partition coefficient (Wildman–Crippen LogP) is 2.33. The van der Waals surface area contributed by atoms with Crippen LogP contribution in [0, 0.1) is 0 Å². The number of aromatic nitrogens is 2. The second-order valence-corrected chi connectivity index (χ2v) is 3.59. The van der Waals surface area contributed by atoms with Crippen LogP contribution in [0.3, 0.4) is 0 Å². The van der Waals surface area contributed by atoms with E-state index in [4.69, 9.17) is 11.5 Å². The molecule has 2 aromatic heterocycles. The van der Waals surface area contributed by atoms with Crippen LogP contribution in [0.25, 0.3) is 11.3 Å². The minimum atomic E-state index is -4.42. The normalized spacial score (nSPS) is 11.5. The first-order chi connectivity index (χ1) is 8.39. The van der Waals surface area contributed by atoms with Crippen molar-refractivity contribution < 1.29 is 13.2 Å². The first-order valence-corrected chi connectivity index (χ1v) is 4.93. The summed E-state index contributed by atoms with van der Waals surface area (Å²) in [5, 5.41) is 0. The number of anilines is 2. The van der Waals surface area contributed by atoms with Gasteiger partial charge in [0.2, 0.25) is 0 Å². The maximum atomic E-state index is 12.4. The fourth-order valence-corrected chi connectivity index (χ4v) is 1.48. The van der Waals surface area contributed by atoms with Gasteiger partial charge in [-0.15, -0.1) is 0 Å². The standard InChI is InChI=1S/C11H9F3N4/c12-11(13,14)6-1-2-8(18-5-6)9-7(15)3-4-17-10(9)16/h1-5H,(H4,15,16,17). The summed E-state index contributed by atoms with van der Waals surface area (Å²) < 4.78 is 37.1. The summed E-state index contributed by atoms with van der Waals surface area (Å²) in [5.41, 5.74) is 11.4. The first kappa shape index (κ1) is 12.2. The third-order valence-electron chi connectivity index (χ3n) is 2.36. The number of hydrogen-bond acceptors (Lipinski definition) is 4. The second kappa shape index (κ2) is 4.17. The van der Waals surface area contributed by atoms with Crippen LogP contribution in [-0.2, 0) is 6.18 Å². The van der Waals surface area contributed by atoms with Gasteiger partial charge in [-0.05, 0) is 18.2 Å². The topological polar surface area (TPSA) is 77.8 Å². The largest absolute Gasteiger partial charge is 0.417 e. The number of pyridine rings is 2. The Morgan fingerprint density at radius 2 is 1.72 bits per heavy atom.